The fourth-order valence-electron chi connectivity index (χ4n) is 3.13. The van der Waals surface area contributed by atoms with E-state index in [1.54, 1.807) is 42.5 Å². The first-order valence-corrected chi connectivity index (χ1v) is 9.88. The Morgan fingerprint density at radius 1 is 0.516 bits per heavy atom. The van der Waals surface area contributed by atoms with Crippen LogP contribution in [0.25, 0.3) is 0 Å². The Bertz CT molecular complexity index is 1190. The lowest BCUT2D eigenvalue weighted by atomic mass is 10.1. The zero-order valence-corrected chi connectivity index (χ0v) is 16.7. The lowest BCUT2D eigenvalue weighted by molar-refractivity contribution is 0.102. The van der Waals surface area contributed by atoms with Gasteiger partial charge >= 0.3 is 0 Å². The maximum absolute atomic E-state index is 12.9. The van der Waals surface area contributed by atoms with Gasteiger partial charge in [-0.15, -0.1) is 0 Å². The lowest BCUT2D eigenvalue weighted by Crippen LogP contribution is -2.15. The minimum Gasteiger partial charge on any atom is -0.355 e. The van der Waals surface area contributed by atoms with E-state index >= 15 is 0 Å². The Kier molecular flexibility index (Phi) is 6.05. The van der Waals surface area contributed by atoms with E-state index in [0.29, 0.717) is 28.2 Å². The summed E-state index contributed by atoms with van der Waals surface area (Å²) in [6.45, 7) is 0. The zero-order chi connectivity index (χ0) is 21.5. The standard InChI is InChI=1S/C26H21N3O2/c30-25(19-10-3-1-4-11-19)28-21-14-9-15-22(18-21)29-26(31)23-16-7-8-17-24(23)27-20-12-5-2-6-13-20/h1-18,27H,(H,28,30)(H,29,31). The SMILES string of the molecule is O=C(Nc1cccc(NC(=O)c2ccccc2Nc2ccccc2)c1)c1ccccc1. The quantitative estimate of drug-likeness (QED) is 0.371. The van der Waals surface area contributed by atoms with Crippen LogP contribution in [-0.2, 0) is 0 Å². The highest BCUT2D eigenvalue weighted by atomic mass is 16.2. The van der Waals surface area contributed by atoms with Gasteiger partial charge in [-0.3, -0.25) is 9.59 Å². The number of carbonyl (C=O) groups is 2. The predicted octanol–water partition coefficient (Wildman–Crippen LogP) is 5.93. The predicted molar refractivity (Wildman–Crippen MR) is 125 cm³/mol. The molecule has 3 N–H and O–H groups in total. The Morgan fingerprint density at radius 3 is 1.77 bits per heavy atom. The van der Waals surface area contributed by atoms with E-state index < -0.39 is 0 Å². The second-order valence-electron chi connectivity index (χ2n) is 6.89. The first-order valence-electron chi connectivity index (χ1n) is 9.88. The van der Waals surface area contributed by atoms with Crippen molar-refractivity contribution >= 4 is 34.6 Å². The van der Waals surface area contributed by atoms with Gasteiger partial charge in [0.15, 0.2) is 0 Å². The van der Waals surface area contributed by atoms with Crippen LogP contribution < -0.4 is 16.0 Å². The molecule has 152 valence electrons. The summed E-state index contributed by atoms with van der Waals surface area (Å²) in [7, 11) is 0. The van der Waals surface area contributed by atoms with Crippen molar-refractivity contribution in [2.45, 2.75) is 0 Å². The van der Waals surface area contributed by atoms with Crippen molar-refractivity contribution in [3.8, 4) is 0 Å². The highest BCUT2D eigenvalue weighted by molar-refractivity contribution is 6.09. The zero-order valence-electron chi connectivity index (χ0n) is 16.7. The molecule has 0 atom stereocenters. The summed E-state index contributed by atoms with van der Waals surface area (Å²) in [6.07, 6.45) is 0. The van der Waals surface area contributed by atoms with Gasteiger partial charge < -0.3 is 16.0 Å². The summed E-state index contributed by atoms with van der Waals surface area (Å²) < 4.78 is 0. The Hall–Kier alpha value is -4.38. The van der Waals surface area contributed by atoms with Gasteiger partial charge in [0.1, 0.15) is 0 Å². The van der Waals surface area contributed by atoms with E-state index in [-0.39, 0.29) is 11.8 Å². The molecule has 4 aromatic carbocycles. The average Bonchev–Trinajstić information content (AvgIpc) is 2.81. The molecule has 0 spiro atoms. The van der Waals surface area contributed by atoms with E-state index in [1.165, 1.54) is 0 Å². The molecule has 4 aromatic rings. The molecule has 0 aliphatic rings. The molecular formula is C26H21N3O2. The van der Waals surface area contributed by atoms with Crippen LogP contribution in [0.15, 0.2) is 109 Å². The maximum atomic E-state index is 12.9. The van der Waals surface area contributed by atoms with Crippen LogP contribution in [0.1, 0.15) is 20.7 Å². The molecule has 0 aliphatic carbocycles. The van der Waals surface area contributed by atoms with Crippen molar-refractivity contribution in [2.24, 2.45) is 0 Å². The van der Waals surface area contributed by atoms with Gasteiger partial charge in [0.05, 0.1) is 11.3 Å². The minimum atomic E-state index is -0.245. The summed E-state index contributed by atoms with van der Waals surface area (Å²) in [6, 6.07) is 33.0. The number of rotatable bonds is 6. The highest BCUT2D eigenvalue weighted by Crippen LogP contribution is 2.23. The van der Waals surface area contributed by atoms with Crippen LogP contribution in [0.5, 0.6) is 0 Å². The number of hydrogen-bond donors (Lipinski definition) is 3. The molecular weight excluding hydrogens is 386 g/mol. The maximum Gasteiger partial charge on any atom is 0.257 e. The van der Waals surface area contributed by atoms with Crippen LogP contribution in [0.4, 0.5) is 22.7 Å². The van der Waals surface area contributed by atoms with Crippen LogP contribution in [0.2, 0.25) is 0 Å². The number of carbonyl (C=O) groups excluding carboxylic acids is 2. The second-order valence-corrected chi connectivity index (χ2v) is 6.89. The number of benzene rings is 4. The van der Waals surface area contributed by atoms with Crippen molar-refractivity contribution in [1.82, 2.24) is 0 Å². The molecule has 0 aliphatic heterocycles. The van der Waals surface area contributed by atoms with E-state index in [9.17, 15) is 9.59 Å². The number of para-hydroxylation sites is 2. The van der Waals surface area contributed by atoms with E-state index in [1.807, 2.05) is 66.7 Å². The number of anilines is 4. The Balaban J connectivity index is 1.48. The molecule has 5 nitrogen and oxygen atoms in total. The Labute approximate surface area is 180 Å². The fraction of sp³-hybridized carbons (Fsp3) is 0. The highest BCUT2D eigenvalue weighted by Gasteiger charge is 2.12. The summed E-state index contributed by atoms with van der Waals surface area (Å²) >= 11 is 0. The molecule has 5 heteroatoms. The van der Waals surface area contributed by atoms with Gasteiger partial charge in [0.25, 0.3) is 11.8 Å². The van der Waals surface area contributed by atoms with E-state index in [2.05, 4.69) is 16.0 Å². The number of hydrogen-bond acceptors (Lipinski definition) is 3. The van der Waals surface area contributed by atoms with Gasteiger partial charge in [-0.2, -0.15) is 0 Å². The summed E-state index contributed by atoms with van der Waals surface area (Å²) in [5.74, 6) is -0.452. The number of nitrogens with one attached hydrogen (secondary N) is 3. The first kappa shape index (κ1) is 19.9. The summed E-state index contributed by atoms with van der Waals surface area (Å²) in [4.78, 5) is 25.3. The fourth-order valence-corrected chi connectivity index (χ4v) is 3.13. The van der Waals surface area contributed by atoms with Gasteiger partial charge in [-0.1, -0.05) is 54.6 Å². The molecule has 0 aromatic heterocycles. The second kappa shape index (κ2) is 9.41. The van der Waals surface area contributed by atoms with Crippen LogP contribution in [-0.4, -0.2) is 11.8 Å². The lowest BCUT2D eigenvalue weighted by Gasteiger charge is -2.13. The monoisotopic (exact) mass is 407 g/mol. The third-order valence-corrected chi connectivity index (χ3v) is 4.64. The molecule has 0 unspecified atom stereocenters. The van der Waals surface area contributed by atoms with Gasteiger partial charge in [-0.05, 0) is 54.6 Å². The van der Waals surface area contributed by atoms with Crippen molar-refractivity contribution in [2.75, 3.05) is 16.0 Å². The molecule has 0 fully saturated rings. The normalized spacial score (nSPS) is 10.2. The van der Waals surface area contributed by atoms with Crippen LogP contribution >= 0.6 is 0 Å². The third kappa shape index (κ3) is 5.16. The smallest absolute Gasteiger partial charge is 0.257 e. The molecule has 0 bridgehead atoms. The van der Waals surface area contributed by atoms with Gasteiger partial charge in [-0.25, -0.2) is 0 Å². The van der Waals surface area contributed by atoms with Crippen molar-refractivity contribution in [3.63, 3.8) is 0 Å². The molecule has 2 amide bonds. The summed E-state index contributed by atoms with van der Waals surface area (Å²) in [5.41, 5.74) is 3.88. The third-order valence-electron chi connectivity index (χ3n) is 4.64. The largest absolute Gasteiger partial charge is 0.355 e. The first-order chi connectivity index (χ1) is 15.2. The van der Waals surface area contributed by atoms with Gasteiger partial charge in [0.2, 0.25) is 0 Å². The number of amides is 2. The van der Waals surface area contributed by atoms with E-state index in [0.717, 1.165) is 5.69 Å². The topological polar surface area (TPSA) is 70.2 Å². The van der Waals surface area contributed by atoms with E-state index in [4.69, 9.17) is 0 Å². The average molecular weight is 407 g/mol. The van der Waals surface area contributed by atoms with Crippen molar-refractivity contribution in [3.05, 3.63) is 120 Å². The Morgan fingerprint density at radius 2 is 1.06 bits per heavy atom. The van der Waals surface area contributed by atoms with Crippen molar-refractivity contribution < 1.29 is 9.59 Å². The summed E-state index contributed by atoms with van der Waals surface area (Å²) in [5, 5.41) is 9.04. The van der Waals surface area contributed by atoms with Gasteiger partial charge in [0, 0.05) is 22.6 Å². The van der Waals surface area contributed by atoms with Crippen molar-refractivity contribution in [1.29, 1.82) is 0 Å². The van der Waals surface area contributed by atoms with Crippen LogP contribution in [0.3, 0.4) is 0 Å². The molecule has 0 saturated heterocycles. The molecule has 31 heavy (non-hydrogen) atoms. The molecule has 4 rings (SSSR count). The molecule has 0 radical (unpaired) electrons. The minimum absolute atomic E-state index is 0.207. The van der Waals surface area contributed by atoms with Crippen LogP contribution in [0, 0.1) is 0 Å². The molecule has 0 saturated carbocycles. The molecule has 0 heterocycles.